The molecule has 0 radical (unpaired) electrons. The lowest BCUT2D eigenvalue weighted by atomic mass is 10.2. The highest BCUT2D eigenvalue weighted by atomic mass is 35.5. The van der Waals surface area contributed by atoms with Crippen LogP contribution < -0.4 is 5.32 Å². The van der Waals surface area contributed by atoms with E-state index in [1.54, 1.807) is 13.0 Å². The number of aromatic carboxylic acids is 1. The van der Waals surface area contributed by atoms with Gasteiger partial charge in [-0.2, -0.15) is 0 Å². The molecular formula is C14H14ClNO3. The third kappa shape index (κ3) is 3.59. The van der Waals surface area contributed by atoms with Crippen molar-refractivity contribution >= 4 is 17.6 Å². The van der Waals surface area contributed by atoms with Crippen molar-refractivity contribution in [2.24, 2.45) is 0 Å². The summed E-state index contributed by atoms with van der Waals surface area (Å²) < 4.78 is 5.37. The normalized spacial score (nSPS) is 10.6. The molecule has 5 heteroatoms. The third-order valence-electron chi connectivity index (χ3n) is 2.74. The maximum atomic E-state index is 10.9. The standard InChI is InChI=1S/C14H14ClNO3/c1-9-13(14(17)18)6-12(19-9)8-16-7-10-2-4-11(15)5-3-10/h2-6,16H,7-8H2,1H3,(H,17,18). The number of halogens is 1. The SMILES string of the molecule is Cc1oc(CNCc2ccc(Cl)cc2)cc1C(=O)O. The van der Waals surface area contributed by atoms with Gasteiger partial charge in [-0.3, -0.25) is 0 Å². The number of aryl methyl sites for hydroxylation is 1. The molecule has 0 saturated carbocycles. The number of hydrogen-bond acceptors (Lipinski definition) is 3. The van der Waals surface area contributed by atoms with Crippen molar-refractivity contribution < 1.29 is 14.3 Å². The van der Waals surface area contributed by atoms with Crippen molar-refractivity contribution in [3.8, 4) is 0 Å². The molecule has 2 aromatic rings. The summed E-state index contributed by atoms with van der Waals surface area (Å²) in [5, 5.41) is 12.8. The summed E-state index contributed by atoms with van der Waals surface area (Å²) in [7, 11) is 0. The summed E-state index contributed by atoms with van der Waals surface area (Å²) in [6.07, 6.45) is 0. The Morgan fingerprint density at radius 3 is 2.58 bits per heavy atom. The Morgan fingerprint density at radius 2 is 2.00 bits per heavy atom. The minimum atomic E-state index is -0.967. The smallest absolute Gasteiger partial charge is 0.339 e. The average molecular weight is 280 g/mol. The van der Waals surface area contributed by atoms with Crippen molar-refractivity contribution in [1.29, 1.82) is 0 Å². The Kier molecular flexibility index (Phi) is 4.24. The lowest BCUT2D eigenvalue weighted by molar-refractivity contribution is 0.0695. The molecule has 0 atom stereocenters. The quantitative estimate of drug-likeness (QED) is 0.882. The molecule has 0 aliphatic carbocycles. The molecule has 2 rings (SSSR count). The highest BCUT2D eigenvalue weighted by Crippen LogP contribution is 2.15. The third-order valence-corrected chi connectivity index (χ3v) is 2.99. The van der Waals surface area contributed by atoms with Gasteiger partial charge in [-0.05, 0) is 30.7 Å². The number of nitrogens with one attached hydrogen (secondary N) is 1. The second kappa shape index (κ2) is 5.91. The summed E-state index contributed by atoms with van der Waals surface area (Å²) in [4.78, 5) is 10.9. The van der Waals surface area contributed by atoms with Crippen LogP contribution in [0.1, 0.15) is 27.4 Å². The second-order valence-electron chi connectivity index (χ2n) is 4.22. The maximum Gasteiger partial charge on any atom is 0.339 e. The minimum absolute atomic E-state index is 0.211. The highest BCUT2D eigenvalue weighted by Gasteiger charge is 2.13. The number of hydrogen-bond donors (Lipinski definition) is 2. The first-order chi connectivity index (χ1) is 9.06. The van der Waals surface area contributed by atoms with E-state index >= 15 is 0 Å². The molecule has 4 nitrogen and oxygen atoms in total. The van der Waals surface area contributed by atoms with Crippen LogP contribution in [0, 0.1) is 6.92 Å². The summed E-state index contributed by atoms with van der Waals surface area (Å²) in [5.74, 6) is 0.0739. The average Bonchev–Trinajstić information content (AvgIpc) is 2.73. The molecular weight excluding hydrogens is 266 g/mol. The van der Waals surface area contributed by atoms with Crippen molar-refractivity contribution in [2.75, 3.05) is 0 Å². The maximum absolute atomic E-state index is 10.9. The van der Waals surface area contributed by atoms with Crippen molar-refractivity contribution in [3.05, 3.63) is 58.0 Å². The van der Waals surface area contributed by atoms with E-state index in [-0.39, 0.29) is 5.56 Å². The zero-order chi connectivity index (χ0) is 13.8. The van der Waals surface area contributed by atoms with Gasteiger partial charge >= 0.3 is 5.97 Å². The highest BCUT2D eigenvalue weighted by molar-refractivity contribution is 6.30. The van der Waals surface area contributed by atoms with E-state index in [9.17, 15) is 4.79 Å². The van der Waals surface area contributed by atoms with E-state index < -0.39 is 5.97 Å². The van der Waals surface area contributed by atoms with Crippen molar-refractivity contribution in [2.45, 2.75) is 20.0 Å². The topological polar surface area (TPSA) is 62.5 Å². The van der Waals surface area contributed by atoms with E-state index in [1.165, 1.54) is 0 Å². The van der Waals surface area contributed by atoms with Gasteiger partial charge in [0, 0.05) is 11.6 Å². The van der Waals surface area contributed by atoms with Gasteiger partial charge in [0.1, 0.15) is 17.1 Å². The van der Waals surface area contributed by atoms with Crippen LogP contribution in [-0.4, -0.2) is 11.1 Å². The first kappa shape index (κ1) is 13.6. The molecule has 0 aliphatic rings. The van der Waals surface area contributed by atoms with Crippen LogP contribution in [0.25, 0.3) is 0 Å². The van der Waals surface area contributed by atoms with Crippen LogP contribution in [0.5, 0.6) is 0 Å². The molecule has 0 bridgehead atoms. The largest absolute Gasteiger partial charge is 0.478 e. The Hall–Kier alpha value is -1.78. The van der Waals surface area contributed by atoms with E-state index in [4.69, 9.17) is 21.1 Å². The monoisotopic (exact) mass is 279 g/mol. The van der Waals surface area contributed by atoms with E-state index in [0.717, 1.165) is 5.56 Å². The zero-order valence-electron chi connectivity index (χ0n) is 10.4. The lowest BCUT2D eigenvalue weighted by Crippen LogP contribution is -2.12. The van der Waals surface area contributed by atoms with Crippen LogP contribution in [0.2, 0.25) is 5.02 Å². The predicted molar refractivity (Wildman–Crippen MR) is 72.4 cm³/mol. The number of benzene rings is 1. The summed E-state index contributed by atoms with van der Waals surface area (Å²) in [6.45, 7) is 2.79. The van der Waals surface area contributed by atoms with Gasteiger partial charge in [-0.1, -0.05) is 23.7 Å². The summed E-state index contributed by atoms with van der Waals surface area (Å²) >= 11 is 5.80. The van der Waals surface area contributed by atoms with Crippen LogP contribution >= 0.6 is 11.6 Å². The van der Waals surface area contributed by atoms with Crippen molar-refractivity contribution in [3.63, 3.8) is 0 Å². The molecule has 0 unspecified atom stereocenters. The number of carboxylic acids is 1. The number of carboxylic acid groups (broad SMARTS) is 1. The van der Waals surface area contributed by atoms with Gasteiger partial charge in [0.2, 0.25) is 0 Å². The number of carbonyl (C=O) groups is 1. The Bertz CT molecular complexity index is 575. The van der Waals surface area contributed by atoms with E-state index in [2.05, 4.69) is 5.32 Å². The van der Waals surface area contributed by atoms with Gasteiger partial charge in [0.05, 0.1) is 6.54 Å². The van der Waals surface area contributed by atoms with Gasteiger partial charge < -0.3 is 14.8 Å². The molecule has 0 spiro atoms. The molecule has 19 heavy (non-hydrogen) atoms. The van der Waals surface area contributed by atoms with Gasteiger partial charge in [-0.15, -0.1) is 0 Å². The summed E-state index contributed by atoms with van der Waals surface area (Å²) in [5.41, 5.74) is 1.31. The Balaban J connectivity index is 1.90. The van der Waals surface area contributed by atoms with E-state index in [0.29, 0.717) is 29.6 Å². The lowest BCUT2D eigenvalue weighted by Gasteiger charge is -2.03. The fraction of sp³-hybridized carbons (Fsp3) is 0.214. The molecule has 1 heterocycles. The van der Waals surface area contributed by atoms with Crippen LogP contribution in [0.15, 0.2) is 34.7 Å². The fourth-order valence-electron chi connectivity index (χ4n) is 1.78. The van der Waals surface area contributed by atoms with Crippen LogP contribution in [-0.2, 0) is 13.1 Å². The Morgan fingerprint density at radius 1 is 1.32 bits per heavy atom. The molecule has 0 aliphatic heterocycles. The van der Waals surface area contributed by atoms with Gasteiger partial charge in [0.25, 0.3) is 0 Å². The number of rotatable bonds is 5. The molecule has 0 amide bonds. The van der Waals surface area contributed by atoms with E-state index in [1.807, 2.05) is 24.3 Å². The second-order valence-corrected chi connectivity index (χ2v) is 4.65. The van der Waals surface area contributed by atoms with Gasteiger partial charge in [0.15, 0.2) is 0 Å². The van der Waals surface area contributed by atoms with Crippen molar-refractivity contribution in [1.82, 2.24) is 5.32 Å². The molecule has 0 fully saturated rings. The predicted octanol–water partition coefficient (Wildman–Crippen LogP) is 3.23. The molecule has 2 N–H and O–H groups in total. The van der Waals surface area contributed by atoms with Crippen LogP contribution in [0.4, 0.5) is 0 Å². The zero-order valence-corrected chi connectivity index (χ0v) is 11.2. The first-order valence-electron chi connectivity index (χ1n) is 5.84. The summed E-state index contributed by atoms with van der Waals surface area (Å²) in [6, 6.07) is 9.08. The molecule has 100 valence electrons. The first-order valence-corrected chi connectivity index (χ1v) is 6.22. The fourth-order valence-corrected chi connectivity index (χ4v) is 1.90. The molecule has 0 saturated heterocycles. The molecule has 1 aromatic heterocycles. The number of furan rings is 1. The minimum Gasteiger partial charge on any atom is -0.478 e. The van der Waals surface area contributed by atoms with Gasteiger partial charge in [-0.25, -0.2) is 4.79 Å². The molecule has 1 aromatic carbocycles. The van der Waals surface area contributed by atoms with Crippen LogP contribution in [0.3, 0.4) is 0 Å². The Labute approximate surface area is 116 Å².